The summed E-state index contributed by atoms with van der Waals surface area (Å²) in [5, 5.41) is 5.48. The lowest BCUT2D eigenvalue weighted by atomic mass is 9.95. The van der Waals surface area contributed by atoms with E-state index in [1.165, 1.54) is 22.4 Å². The van der Waals surface area contributed by atoms with Crippen molar-refractivity contribution in [2.45, 2.75) is 19.8 Å². The molecule has 1 N–H and O–H groups in total. The number of hydrogen-bond donors (Lipinski definition) is 1. The molecule has 0 fully saturated rings. The van der Waals surface area contributed by atoms with Gasteiger partial charge in [0.05, 0.1) is 0 Å². The molecule has 0 bridgehead atoms. The van der Waals surface area contributed by atoms with Crippen LogP contribution in [0.5, 0.6) is 0 Å². The summed E-state index contributed by atoms with van der Waals surface area (Å²) in [7, 11) is 2.04. The molecule has 1 heterocycles. The molecule has 2 aromatic rings. The van der Waals surface area contributed by atoms with Crippen LogP contribution in [-0.2, 0) is 12.8 Å². The van der Waals surface area contributed by atoms with E-state index in [1.807, 2.05) is 18.4 Å². The molecule has 0 amide bonds. The number of thiophene rings is 1. The summed E-state index contributed by atoms with van der Waals surface area (Å²) in [5.41, 5.74) is 2.78. The van der Waals surface area contributed by atoms with Crippen LogP contribution in [-0.4, -0.2) is 13.6 Å². The van der Waals surface area contributed by atoms with Gasteiger partial charge >= 0.3 is 0 Å². The Morgan fingerprint density at radius 2 is 1.89 bits per heavy atom. The third kappa shape index (κ3) is 3.97. The van der Waals surface area contributed by atoms with Crippen LogP contribution in [0.4, 0.5) is 0 Å². The topological polar surface area (TPSA) is 12.0 Å². The molecule has 2 rings (SSSR count). The molecule has 18 heavy (non-hydrogen) atoms. The Labute approximate surface area is 114 Å². The van der Waals surface area contributed by atoms with Crippen molar-refractivity contribution in [1.82, 2.24) is 5.32 Å². The number of hydrogen-bond acceptors (Lipinski definition) is 2. The molecule has 0 aliphatic heterocycles. The van der Waals surface area contributed by atoms with E-state index in [0.29, 0.717) is 5.92 Å². The highest BCUT2D eigenvalue weighted by Gasteiger charge is 2.10. The Balaban J connectivity index is 1.99. The van der Waals surface area contributed by atoms with Crippen molar-refractivity contribution in [3.8, 4) is 0 Å². The van der Waals surface area contributed by atoms with Crippen LogP contribution >= 0.6 is 11.3 Å². The van der Waals surface area contributed by atoms with Crippen molar-refractivity contribution in [3.05, 3.63) is 57.8 Å². The number of aryl methyl sites for hydroxylation is 1. The molecule has 1 aromatic heterocycles. The van der Waals surface area contributed by atoms with E-state index in [9.17, 15) is 0 Å². The summed E-state index contributed by atoms with van der Waals surface area (Å²) < 4.78 is 0. The standard InChI is InChI=1S/C16H21NS/c1-13-5-7-14(8-6-13)10-15(12-17-2)11-16-4-3-9-18-16/h3-9,15,17H,10-12H2,1-2H3. The van der Waals surface area contributed by atoms with Crippen LogP contribution < -0.4 is 5.32 Å². The number of benzene rings is 1. The van der Waals surface area contributed by atoms with Crippen molar-refractivity contribution in [2.24, 2.45) is 5.92 Å². The Hall–Kier alpha value is -1.12. The molecule has 2 heteroatoms. The normalized spacial score (nSPS) is 12.6. The number of rotatable bonds is 6. The minimum absolute atomic E-state index is 0.677. The first-order valence-electron chi connectivity index (χ1n) is 6.50. The molecule has 1 unspecified atom stereocenters. The fourth-order valence-corrected chi connectivity index (χ4v) is 3.10. The predicted octanol–water partition coefficient (Wildman–Crippen LogP) is 3.68. The summed E-state index contributed by atoms with van der Waals surface area (Å²) >= 11 is 1.86. The second kappa shape index (κ2) is 6.72. The molecule has 0 aliphatic rings. The summed E-state index contributed by atoms with van der Waals surface area (Å²) in [5.74, 6) is 0.677. The summed E-state index contributed by atoms with van der Waals surface area (Å²) in [4.78, 5) is 1.49. The molecular weight excluding hydrogens is 238 g/mol. The maximum Gasteiger partial charge on any atom is 0.00485 e. The van der Waals surface area contributed by atoms with Crippen molar-refractivity contribution in [2.75, 3.05) is 13.6 Å². The minimum atomic E-state index is 0.677. The van der Waals surface area contributed by atoms with E-state index in [4.69, 9.17) is 0 Å². The Kier molecular flexibility index (Phi) is 4.97. The van der Waals surface area contributed by atoms with E-state index in [2.05, 4.69) is 54.0 Å². The molecule has 0 spiro atoms. The largest absolute Gasteiger partial charge is 0.319 e. The van der Waals surface area contributed by atoms with Gasteiger partial charge in [-0.05, 0) is 56.3 Å². The highest BCUT2D eigenvalue weighted by Crippen LogP contribution is 2.18. The summed E-state index contributed by atoms with van der Waals surface area (Å²) in [6.45, 7) is 3.21. The molecule has 1 nitrogen and oxygen atoms in total. The van der Waals surface area contributed by atoms with E-state index >= 15 is 0 Å². The second-order valence-corrected chi connectivity index (χ2v) is 5.93. The van der Waals surface area contributed by atoms with Gasteiger partial charge in [0.15, 0.2) is 0 Å². The van der Waals surface area contributed by atoms with Gasteiger partial charge in [-0.2, -0.15) is 0 Å². The van der Waals surface area contributed by atoms with Gasteiger partial charge in [0, 0.05) is 4.88 Å². The molecule has 1 aromatic carbocycles. The Morgan fingerprint density at radius 3 is 2.50 bits per heavy atom. The molecule has 96 valence electrons. The van der Waals surface area contributed by atoms with Crippen LogP contribution in [0.25, 0.3) is 0 Å². The average molecular weight is 259 g/mol. The fraction of sp³-hybridized carbons (Fsp3) is 0.375. The Morgan fingerprint density at radius 1 is 1.11 bits per heavy atom. The molecule has 0 saturated heterocycles. The van der Waals surface area contributed by atoms with Gasteiger partial charge in [0.1, 0.15) is 0 Å². The zero-order chi connectivity index (χ0) is 12.8. The maximum absolute atomic E-state index is 3.32. The van der Waals surface area contributed by atoms with E-state index in [1.54, 1.807) is 0 Å². The molecule has 0 saturated carbocycles. The van der Waals surface area contributed by atoms with Gasteiger partial charge in [-0.25, -0.2) is 0 Å². The van der Waals surface area contributed by atoms with Crippen molar-refractivity contribution < 1.29 is 0 Å². The van der Waals surface area contributed by atoms with Gasteiger partial charge < -0.3 is 5.32 Å². The second-order valence-electron chi connectivity index (χ2n) is 4.90. The van der Waals surface area contributed by atoms with Crippen LogP contribution in [0.15, 0.2) is 41.8 Å². The highest BCUT2D eigenvalue weighted by molar-refractivity contribution is 7.09. The monoisotopic (exact) mass is 259 g/mol. The first kappa shape index (κ1) is 13.3. The third-order valence-electron chi connectivity index (χ3n) is 3.21. The molecular formula is C16H21NS. The van der Waals surface area contributed by atoms with Crippen molar-refractivity contribution in [1.29, 1.82) is 0 Å². The van der Waals surface area contributed by atoms with Gasteiger partial charge in [0.25, 0.3) is 0 Å². The molecule has 1 atom stereocenters. The SMILES string of the molecule is CNCC(Cc1ccc(C)cc1)Cc1cccs1. The van der Waals surface area contributed by atoms with E-state index < -0.39 is 0 Å². The van der Waals surface area contributed by atoms with E-state index in [0.717, 1.165) is 13.0 Å². The average Bonchev–Trinajstić information content (AvgIpc) is 2.85. The van der Waals surface area contributed by atoms with Crippen LogP contribution in [0.1, 0.15) is 16.0 Å². The smallest absolute Gasteiger partial charge is 0.00485 e. The van der Waals surface area contributed by atoms with Gasteiger partial charge in [-0.1, -0.05) is 35.9 Å². The van der Waals surface area contributed by atoms with Crippen molar-refractivity contribution >= 4 is 11.3 Å². The van der Waals surface area contributed by atoms with Gasteiger partial charge in [-0.15, -0.1) is 11.3 Å². The highest BCUT2D eigenvalue weighted by atomic mass is 32.1. The Bertz CT molecular complexity index is 444. The first-order valence-corrected chi connectivity index (χ1v) is 7.38. The fourth-order valence-electron chi connectivity index (χ4n) is 2.28. The lowest BCUT2D eigenvalue weighted by molar-refractivity contribution is 0.496. The first-order chi connectivity index (χ1) is 8.78. The van der Waals surface area contributed by atoms with Gasteiger partial charge in [-0.3, -0.25) is 0 Å². The third-order valence-corrected chi connectivity index (χ3v) is 4.11. The minimum Gasteiger partial charge on any atom is -0.319 e. The lowest BCUT2D eigenvalue weighted by Gasteiger charge is -2.16. The molecule has 0 radical (unpaired) electrons. The van der Waals surface area contributed by atoms with E-state index in [-0.39, 0.29) is 0 Å². The lowest BCUT2D eigenvalue weighted by Crippen LogP contribution is -2.22. The predicted molar refractivity (Wildman–Crippen MR) is 80.3 cm³/mol. The van der Waals surface area contributed by atoms with Crippen LogP contribution in [0.3, 0.4) is 0 Å². The number of nitrogens with one attached hydrogen (secondary N) is 1. The maximum atomic E-state index is 3.32. The summed E-state index contributed by atoms with van der Waals surface area (Å²) in [6, 6.07) is 13.3. The van der Waals surface area contributed by atoms with Crippen LogP contribution in [0, 0.1) is 12.8 Å². The quantitative estimate of drug-likeness (QED) is 0.834. The van der Waals surface area contributed by atoms with Gasteiger partial charge in [0.2, 0.25) is 0 Å². The zero-order valence-corrected chi connectivity index (χ0v) is 12.0. The van der Waals surface area contributed by atoms with Crippen LogP contribution in [0.2, 0.25) is 0 Å². The van der Waals surface area contributed by atoms with Crippen molar-refractivity contribution in [3.63, 3.8) is 0 Å². The zero-order valence-electron chi connectivity index (χ0n) is 11.1. The molecule has 0 aliphatic carbocycles. The summed E-state index contributed by atoms with van der Waals surface area (Å²) in [6.07, 6.45) is 2.32.